The summed E-state index contributed by atoms with van der Waals surface area (Å²) in [6.07, 6.45) is 5.22. The van der Waals surface area contributed by atoms with E-state index in [1.54, 1.807) is 30.5 Å². The molecule has 0 bridgehead atoms. The summed E-state index contributed by atoms with van der Waals surface area (Å²) in [7, 11) is -1.21. The van der Waals surface area contributed by atoms with Crippen LogP contribution in [-0.2, 0) is 21.2 Å². The molecule has 3 heterocycles. The van der Waals surface area contributed by atoms with Gasteiger partial charge in [0.1, 0.15) is 11.5 Å². The number of rotatable bonds is 6. The van der Waals surface area contributed by atoms with E-state index in [0.717, 1.165) is 0 Å². The second-order valence-electron chi connectivity index (χ2n) is 5.95. The summed E-state index contributed by atoms with van der Waals surface area (Å²) in [5, 5.41) is 9.52. The maximum Gasteiger partial charge on any atom is 0.234 e. The Morgan fingerprint density at radius 3 is 2.96 bits per heavy atom. The van der Waals surface area contributed by atoms with Gasteiger partial charge in [-0.25, -0.2) is 18.4 Å². The summed E-state index contributed by atoms with van der Waals surface area (Å²) in [5.41, 5.74) is 0.540. The number of sulfone groups is 1. The lowest BCUT2D eigenvalue weighted by molar-refractivity contribution is -0.122. The zero-order chi connectivity index (χ0) is 17.9. The molecule has 1 aliphatic rings. The highest BCUT2D eigenvalue weighted by molar-refractivity contribution is 7.91. The monoisotopic (exact) mass is 365 g/mol. The van der Waals surface area contributed by atoms with Crippen molar-refractivity contribution in [2.24, 2.45) is 0 Å². The van der Waals surface area contributed by atoms with E-state index < -0.39 is 9.84 Å². The molecule has 1 saturated heterocycles. The van der Waals surface area contributed by atoms with Crippen LogP contribution in [-0.4, -0.2) is 75.5 Å². The first kappa shape index (κ1) is 17.4. The van der Waals surface area contributed by atoms with Crippen molar-refractivity contribution in [3.8, 4) is 11.5 Å². The van der Waals surface area contributed by atoms with Crippen LogP contribution in [0.25, 0.3) is 11.5 Å². The smallest absolute Gasteiger partial charge is 0.234 e. The van der Waals surface area contributed by atoms with Gasteiger partial charge in [-0.05, 0) is 13.5 Å². The molecule has 2 N–H and O–H groups in total. The van der Waals surface area contributed by atoms with Gasteiger partial charge in [0.2, 0.25) is 11.7 Å². The molecule has 0 unspecified atom stereocenters. The minimum Gasteiger partial charge on any atom is -0.348 e. The summed E-state index contributed by atoms with van der Waals surface area (Å²) < 4.78 is 23.0. The van der Waals surface area contributed by atoms with Crippen molar-refractivity contribution in [3.63, 3.8) is 0 Å². The van der Waals surface area contributed by atoms with E-state index in [-0.39, 0.29) is 36.5 Å². The molecule has 25 heavy (non-hydrogen) atoms. The van der Waals surface area contributed by atoms with E-state index in [2.05, 4.69) is 30.5 Å². The third-order valence-electron chi connectivity index (χ3n) is 4.00. The molecule has 10 nitrogen and oxygen atoms in total. The van der Waals surface area contributed by atoms with Gasteiger partial charge in [0, 0.05) is 18.4 Å². The zero-order valence-corrected chi connectivity index (χ0v) is 14.5. The molecule has 1 amide bonds. The highest BCUT2D eigenvalue weighted by Crippen LogP contribution is 2.16. The maximum atomic E-state index is 12.0. The number of hydrogen-bond acceptors (Lipinski definition) is 8. The minimum atomic E-state index is -2.96. The lowest BCUT2D eigenvalue weighted by Crippen LogP contribution is -2.41. The second kappa shape index (κ2) is 7.23. The molecule has 11 heteroatoms. The topological polar surface area (TPSA) is 134 Å². The molecule has 2 aromatic heterocycles. The number of nitrogens with one attached hydrogen (secondary N) is 2. The van der Waals surface area contributed by atoms with Crippen molar-refractivity contribution in [1.29, 1.82) is 0 Å². The third kappa shape index (κ3) is 4.57. The van der Waals surface area contributed by atoms with Gasteiger partial charge in [0.15, 0.2) is 9.84 Å². The molecule has 1 atom stereocenters. The normalized spacial score (nSPS) is 19.2. The Balaban J connectivity index is 1.49. The second-order valence-corrected chi connectivity index (χ2v) is 8.17. The summed E-state index contributed by atoms with van der Waals surface area (Å²) in [6.45, 7) is 0.328. The Bertz CT molecular complexity index is 837. The Morgan fingerprint density at radius 2 is 2.28 bits per heavy atom. The van der Waals surface area contributed by atoms with Crippen molar-refractivity contribution in [2.45, 2.75) is 19.0 Å². The Hall–Kier alpha value is -2.40. The molecule has 3 rings (SSSR count). The highest BCUT2D eigenvalue weighted by Gasteiger charge is 2.31. The predicted molar refractivity (Wildman–Crippen MR) is 88.9 cm³/mol. The van der Waals surface area contributed by atoms with Gasteiger partial charge in [0.25, 0.3) is 0 Å². The van der Waals surface area contributed by atoms with Gasteiger partial charge in [-0.2, -0.15) is 5.10 Å². The van der Waals surface area contributed by atoms with Gasteiger partial charge in [-0.15, -0.1) is 0 Å². The molecular formula is C14H19N7O3S. The minimum absolute atomic E-state index is 0.107. The van der Waals surface area contributed by atoms with Gasteiger partial charge in [0.05, 0.1) is 30.8 Å². The van der Waals surface area contributed by atoms with Gasteiger partial charge in [-0.1, -0.05) is 0 Å². The van der Waals surface area contributed by atoms with Gasteiger partial charge in [-0.3, -0.25) is 19.8 Å². The molecule has 0 saturated carbocycles. The molecule has 0 radical (unpaired) electrons. The van der Waals surface area contributed by atoms with Crippen LogP contribution in [0.4, 0.5) is 0 Å². The highest BCUT2D eigenvalue weighted by atomic mass is 32.2. The van der Waals surface area contributed by atoms with E-state index in [1.165, 1.54) is 0 Å². The van der Waals surface area contributed by atoms with Gasteiger partial charge >= 0.3 is 0 Å². The van der Waals surface area contributed by atoms with Crippen LogP contribution in [0.5, 0.6) is 0 Å². The molecule has 0 spiro atoms. The fourth-order valence-electron chi connectivity index (χ4n) is 2.62. The average molecular weight is 365 g/mol. The molecule has 0 aliphatic carbocycles. The van der Waals surface area contributed by atoms with E-state index in [0.29, 0.717) is 23.8 Å². The first-order chi connectivity index (χ1) is 11.9. The van der Waals surface area contributed by atoms with Crippen LogP contribution >= 0.6 is 0 Å². The lowest BCUT2D eigenvalue weighted by Gasteiger charge is -2.22. The van der Waals surface area contributed by atoms with Crippen molar-refractivity contribution in [3.05, 3.63) is 24.4 Å². The summed E-state index contributed by atoms with van der Waals surface area (Å²) in [6, 6.07) is -0.107. The molecule has 134 valence electrons. The van der Waals surface area contributed by atoms with Crippen molar-refractivity contribution >= 4 is 15.7 Å². The van der Waals surface area contributed by atoms with Crippen LogP contribution < -0.4 is 5.32 Å². The fraction of sp³-hybridized carbons (Fsp3) is 0.500. The number of likely N-dealkylation sites (N-methyl/N-ethyl adjacent to an activating group) is 1. The van der Waals surface area contributed by atoms with E-state index >= 15 is 0 Å². The number of carbonyl (C=O) groups is 1. The van der Waals surface area contributed by atoms with Gasteiger partial charge < -0.3 is 5.32 Å². The molecule has 2 aromatic rings. The molecule has 1 aliphatic heterocycles. The molecule has 1 fully saturated rings. The van der Waals surface area contributed by atoms with E-state index in [1.807, 2.05) is 0 Å². The zero-order valence-electron chi connectivity index (χ0n) is 13.7. The van der Waals surface area contributed by atoms with Crippen molar-refractivity contribution < 1.29 is 13.2 Å². The Kier molecular flexibility index (Phi) is 5.04. The Morgan fingerprint density at radius 1 is 1.44 bits per heavy atom. The standard InChI is InChI=1S/C14H19N7O3S/c1-21(10-2-5-25(23,24)9-10)8-13(22)17-7-12-18-14(20-19-12)11-6-15-3-4-16-11/h3-4,6,10H,2,5,7-9H2,1H3,(H,17,22)(H,18,19,20)/t10-/m0/s1. The number of aromatic nitrogens is 5. The maximum absolute atomic E-state index is 12.0. The predicted octanol–water partition coefficient (Wildman–Crippen LogP) is -1.00. The summed E-state index contributed by atoms with van der Waals surface area (Å²) >= 11 is 0. The quantitative estimate of drug-likeness (QED) is 0.665. The SMILES string of the molecule is CN(CC(=O)NCc1nc(-c2cnccn2)n[nH]1)[C@H]1CCS(=O)(=O)C1. The van der Waals surface area contributed by atoms with Crippen LogP contribution in [0.2, 0.25) is 0 Å². The van der Waals surface area contributed by atoms with Crippen LogP contribution in [0.15, 0.2) is 18.6 Å². The number of nitrogens with zero attached hydrogens (tertiary/aromatic N) is 5. The van der Waals surface area contributed by atoms with E-state index in [9.17, 15) is 13.2 Å². The summed E-state index contributed by atoms with van der Waals surface area (Å²) in [5.74, 6) is 1.00. The fourth-order valence-corrected chi connectivity index (χ4v) is 4.43. The van der Waals surface area contributed by atoms with E-state index in [4.69, 9.17) is 0 Å². The van der Waals surface area contributed by atoms with Crippen molar-refractivity contribution in [1.82, 2.24) is 35.4 Å². The van der Waals surface area contributed by atoms with Crippen LogP contribution in [0.3, 0.4) is 0 Å². The molecular weight excluding hydrogens is 346 g/mol. The average Bonchev–Trinajstić information content (AvgIpc) is 3.20. The molecule has 0 aromatic carbocycles. The van der Waals surface area contributed by atoms with Crippen LogP contribution in [0, 0.1) is 0 Å². The number of aromatic amines is 1. The number of H-pyrrole nitrogens is 1. The Labute approximate surface area is 145 Å². The van der Waals surface area contributed by atoms with Crippen LogP contribution in [0.1, 0.15) is 12.2 Å². The third-order valence-corrected chi connectivity index (χ3v) is 5.75. The number of hydrogen-bond donors (Lipinski definition) is 2. The van der Waals surface area contributed by atoms with Crippen molar-refractivity contribution in [2.75, 3.05) is 25.1 Å². The first-order valence-corrected chi connectivity index (χ1v) is 9.60. The summed E-state index contributed by atoms with van der Waals surface area (Å²) in [4.78, 5) is 26.1. The number of carbonyl (C=O) groups excluding carboxylic acids is 1. The number of amides is 1. The lowest BCUT2D eigenvalue weighted by atomic mass is 10.2. The first-order valence-electron chi connectivity index (χ1n) is 7.78. The largest absolute Gasteiger partial charge is 0.348 e.